The van der Waals surface area contributed by atoms with Gasteiger partial charge in [-0.3, -0.25) is 15.0 Å². The minimum atomic E-state index is -4.80. The lowest BCUT2D eigenvalue weighted by Crippen LogP contribution is -2.61. The van der Waals surface area contributed by atoms with Gasteiger partial charge in [-0.25, -0.2) is 10.4 Å². The molecule has 3 N–H and O–H groups in total. The minimum Gasteiger partial charge on any atom is -0.394 e. The van der Waals surface area contributed by atoms with Crippen molar-refractivity contribution in [2.45, 2.75) is 24.8 Å². The third kappa shape index (κ3) is 7.25. The molecule has 2 aliphatic rings. The van der Waals surface area contributed by atoms with Crippen molar-refractivity contribution in [2.24, 2.45) is 5.92 Å². The van der Waals surface area contributed by atoms with E-state index in [0.29, 0.717) is 31.7 Å². The largest absolute Gasteiger partial charge is 0.403 e. The van der Waals surface area contributed by atoms with Gasteiger partial charge in [0.2, 0.25) is 11.8 Å². The quantitative estimate of drug-likeness (QED) is 0.385. The average Bonchev–Trinajstić information content (AvgIpc) is 2.85. The maximum absolute atomic E-state index is 13.2. The van der Waals surface area contributed by atoms with Crippen LogP contribution < -0.4 is 15.8 Å². The van der Waals surface area contributed by atoms with Crippen molar-refractivity contribution in [3.8, 4) is 6.07 Å². The van der Waals surface area contributed by atoms with Gasteiger partial charge in [0.25, 0.3) is 0 Å². The van der Waals surface area contributed by atoms with E-state index in [1.807, 2.05) is 16.4 Å². The van der Waals surface area contributed by atoms with Gasteiger partial charge in [-0.15, -0.1) is 0 Å². The van der Waals surface area contributed by atoms with Crippen LogP contribution in [0, 0.1) is 17.2 Å². The Bertz CT molecular complexity index is 902. The van der Waals surface area contributed by atoms with Crippen LogP contribution in [-0.2, 0) is 19.1 Å². The van der Waals surface area contributed by atoms with Crippen LogP contribution >= 0.6 is 0 Å². The second-order valence-electron chi connectivity index (χ2n) is 8.08. The Labute approximate surface area is 199 Å². The van der Waals surface area contributed by atoms with Crippen LogP contribution in [0.4, 0.5) is 19.0 Å². The number of nitrogens with one attached hydrogen (secondary N) is 2. The number of amides is 2. The van der Waals surface area contributed by atoms with Gasteiger partial charge in [0.05, 0.1) is 37.9 Å². The van der Waals surface area contributed by atoms with Crippen molar-refractivity contribution in [3.05, 3.63) is 23.9 Å². The lowest BCUT2D eigenvalue weighted by atomic mass is 9.99. The number of carbonyl (C=O) groups is 2. The molecule has 1 aromatic heterocycles. The van der Waals surface area contributed by atoms with Crippen LogP contribution in [0.5, 0.6) is 0 Å². The zero-order valence-corrected chi connectivity index (χ0v) is 18.8. The van der Waals surface area contributed by atoms with Crippen molar-refractivity contribution in [1.82, 2.24) is 20.7 Å². The smallest absolute Gasteiger partial charge is 0.394 e. The summed E-state index contributed by atoms with van der Waals surface area (Å²) in [5.41, 5.74) is 4.74. The molecule has 2 amide bonds. The van der Waals surface area contributed by atoms with Gasteiger partial charge in [0.15, 0.2) is 5.92 Å². The first kappa shape index (κ1) is 26.6. The van der Waals surface area contributed by atoms with Crippen LogP contribution in [0.1, 0.15) is 12.0 Å². The number of pyridine rings is 1. The fourth-order valence-corrected chi connectivity index (χ4v) is 3.83. The second-order valence-corrected chi connectivity index (χ2v) is 8.08. The second kappa shape index (κ2) is 12.1. The number of aliphatic hydroxyl groups is 1. The summed E-state index contributed by atoms with van der Waals surface area (Å²) in [5, 5.41) is 18.3. The molecular weight excluding hydrogens is 473 g/mol. The number of piperazine rings is 1. The van der Waals surface area contributed by atoms with E-state index >= 15 is 0 Å². The number of aliphatic hydroxyl groups excluding tert-OH is 1. The molecule has 2 aliphatic heterocycles. The van der Waals surface area contributed by atoms with Crippen molar-refractivity contribution in [3.63, 3.8) is 0 Å². The highest BCUT2D eigenvalue weighted by Gasteiger charge is 2.52. The topological polar surface area (TPSA) is 140 Å². The fraction of sp³-hybridized carbons (Fsp3) is 0.619. The molecule has 0 bridgehead atoms. The molecule has 3 rings (SSSR count). The van der Waals surface area contributed by atoms with Crippen molar-refractivity contribution >= 4 is 17.6 Å². The number of rotatable bonds is 9. The van der Waals surface area contributed by atoms with Gasteiger partial charge >= 0.3 is 6.18 Å². The van der Waals surface area contributed by atoms with Crippen LogP contribution in [0.25, 0.3) is 0 Å². The van der Waals surface area contributed by atoms with Gasteiger partial charge in [0.1, 0.15) is 18.0 Å². The van der Waals surface area contributed by atoms with Crippen LogP contribution in [0.3, 0.4) is 0 Å². The average molecular weight is 500 g/mol. The van der Waals surface area contributed by atoms with Crippen LogP contribution in [0.15, 0.2) is 18.3 Å². The van der Waals surface area contributed by atoms with Gasteiger partial charge in [-0.2, -0.15) is 18.4 Å². The number of halogens is 3. The van der Waals surface area contributed by atoms with Gasteiger partial charge in [0, 0.05) is 38.9 Å². The molecule has 0 aromatic carbocycles. The molecule has 2 saturated heterocycles. The predicted molar refractivity (Wildman–Crippen MR) is 115 cm³/mol. The Morgan fingerprint density at radius 3 is 2.66 bits per heavy atom. The van der Waals surface area contributed by atoms with Crippen molar-refractivity contribution < 1.29 is 37.3 Å². The highest BCUT2D eigenvalue weighted by molar-refractivity contribution is 5.80. The fourth-order valence-electron chi connectivity index (χ4n) is 3.83. The first-order valence-corrected chi connectivity index (χ1v) is 11.0. The van der Waals surface area contributed by atoms with E-state index < -0.39 is 36.8 Å². The summed E-state index contributed by atoms with van der Waals surface area (Å²) in [5.74, 6) is -3.03. The van der Waals surface area contributed by atoms with Gasteiger partial charge in [-0.1, -0.05) is 0 Å². The molecule has 11 nitrogen and oxygen atoms in total. The van der Waals surface area contributed by atoms with E-state index in [-0.39, 0.29) is 32.1 Å². The molecule has 0 aliphatic carbocycles. The third-order valence-corrected chi connectivity index (χ3v) is 5.69. The standard InChI is InChI=1S/C21H27F3N6O5/c22-21(23,24)19-16(11-27-28-20(19)33)35-15(12-31)13-34-8-3-18(32)30-6-4-29(5-7-30)17-2-1-14(9-25)10-26-17/h1-2,10,15-16,19,27,31H,3-8,11-13H2,(H,28,33)/t15-,16?,19?/m1/s1. The number of alkyl halides is 3. The summed E-state index contributed by atoms with van der Waals surface area (Å²) in [6.07, 6.45) is -5.85. The van der Waals surface area contributed by atoms with E-state index in [1.54, 1.807) is 17.0 Å². The van der Waals surface area contributed by atoms with E-state index in [1.165, 1.54) is 6.20 Å². The monoisotopic (exact) mass is 500 g/mol. The molecule has 0 saturated carbocycles. The zero-order valence-electron chi connectivity index (χ0n) is 18.8. The molecule has 35 heavy (non-hydrogen) atoms. The first-order chi connectivity index (χ1) is 16.7. The SMILES string of the molecule is N#Cc1ccc(N2CCN(C(=O)CCOC[C@@H](CO)OC3CNNC(=O)C3C(F)(F)F)CC2)nc1. The number of nitrogens with zero attached hydrogens (tertiary/aromatic N) is 4. The number of carbonyl (C=O) groups excluding carboxylic acids is 2. The number of ether oxygens (including phenoxy) is 2. The lowest BCUT2D eigenvalue weighted by Gasteiger charge is -2.35. The molecule has 192 valence electrons. The number of hydrogen-bond acceptors (Lipinski definition) is 9. The highest BCUT2D eigenvalue weighted by atomic mass is 19.4. The number of anilines is 1. The molecule has 3 atom stereocenters. The summed E-state index contributed by atoms with van der Waals surface area (Å²) in [4.78, 5) is 32.0. The summed E-state index contributed by atoms with van der Waals surface area (Å²) in [6.45, 7) is 1.01. The van der Waals surface area contributed by atoms with Gasteiger partial charge in [-0.05, 0) is 12.1 Å². The Morgan fingerprint density at radius 1 is 1.31 bits per heavy atom. The number of nitriles is 1. The Morgan fingerprint density at radius 2 is 2.06 bits per heavy atom. The third-order valence-electron chi connectivity index (χ3n) is 5.69. The minimum absolute atomic E-state index is 0.00217. The van der Waals surface area contributed by atoms with E-state index in [4.69, 9.17) is 14.7 Å². The molecule has 2 fully saturated rings. The molecular formula is C21H27F3N6O5. The first-order valence-electron chi connectivity index (χ1n) is 11.0. The van der Waals surface area contributed by atoms with Crippen molar-refractivity contribution in [1.29, 1.82) is 5.26 Å². The Balaban J connectivity index is 1.38. The van der Waals surface area contributed by atoms with Crippen LogP contribution in [-0.4, -0.2) is 97.7 Å². The highest BCUT2D eigenvalue weighted by Crippen LogP contribution is 2.32. The van der Waals surface area contributed by atoms with Gasteiger partial charge < -0.3 is 24.4 Å². The van der Waals surface area contributed by atoms with E-state index in [9.17, 15) is 27.9 Å². The summed E-state index contributed by atoms with van der Waals surface area (Å²) in [7, 11) is 0. The van der Waals surface area contributed by atoms with E-state index in [2.05, 4.69) is 10.4 Å². The lowest BCUT2D eigenvalue weighted by molar-refractivity contribution is -0.222. The number of hydrogen-bond donors (Lipinski definition) is 3. The number of aromatic nitrogens is 1. The summed E-state index contributed by atoms with van der Waals surface area (Å²) < 4.78 is 50.3. The Hall–Kier alpha value is -2.99. The maximum Gasteiger partial charge on any atom is 0.403 e. The summed E-state index contributed by atoms with van der Waals surface area (Å²) in [6, 6.07) is 5.46. The molecule has 0 spiro atoms. The van der Waals surface area contributed by atoms with E-state index in [0.717, 1.165) is 5.82 Å². The predicted octanol–water partition coefficient (Wildman–Crippen LogP) is -0.432. The molecule has 2 unspecified atom stereocenters. The molecule has 3 heterocycles. The normalized spacial score (nSPS) is 21.9. The Kier molecular flexibility index (Phi) is 9.21. The van der Waals surface area contributed by atoms with Crippen molar-refractivity contribution in [2.75, 3.05) is 57.4 Å². The zero-order chi connectivity index (χ0) is 25.4. The van der Waals surface area contributed by atoms with Crippen LogP contribution in [0.2, 0.25) is 0 Å². The molecule has 0 radical (unpaired) electrons. The summed E-state index contributed by atoms with van der Waals surface area (Å²) >= 11 is 0. The maximum atomic E-state index is 13.2. The number of hydrazine groups is 1. The molecule has 14 heteroatoms. The molecule has 1 aromatic rings.